The van der Waals surface area contributed by atoms with Crippen molar-refractivity contribution in [3.05, 3.63) is 66.0 Å². The second-order valence-corrected chi connectivity index (χ2v) is 9.33. The zero-order valence-corrected chi connectivity index (χ0v) is 21.2. The Hall–Kier alpha value is -4.67. The van der Waals surface area contributed by atoms with Crippen LogP contribution in [0.15, 0.2) is 54.9 Å². The van der Waals surface area contributed by atoms with E-state index in [1.165, 1.54) is 11.2 Å². The number of piperidine rings is 1. The van der Waals surface area contributed by atoms with Crippen LogP contribution in [0.5, 0.6) is 5.75 Å². The van der Waals surface area contributed by atoms with Crippen LogP contribution in [0.4, 0.5) is 10.6 Å². The minimum atomic E-state index is -0.940. The highest BCUT2D eigenvalue weighted by molar-refractivity contribution is 5.98. The van der Waals surface area contributed by atoms with Crippen LogP contribution in [0, 0.1) is 0 Å². The molecule has 0 saturated carbocycles. The molecule has 0 aliphatic carbocycles. The van der Waals surface area contributed by atoms with Crippen LogP contribution in [0.3, 0.4) is 0 Å². The molecule has 0 bridgehead atoms. The lowest BCUT2D eigenvalue weighted by atomic mass is 10.1. The molecule has 2 aromatic heterocycles. The molecule has 1 saturated heterocycles. The number of hydrogen-bond acceptors (Lipinski definition) is 7. The summed E-state index contributed by atoms with van der Waals surface area (Å²) in [5, 5.41) is 15.0. The molecule has 2 aromatic carbocycles. The van der Waals surface area contributed by atoms with Crippen LogP contribution in [-0.4, -0.2) is 73.9 Å². The Morgan fingerprint density at radius 3 is 2.66 bits per heavy atom. The van der Waals surface area contributed by atoms with E-state index in [4.69, 9.17) is 15.6 Å². The molecule has 0 spiro atoms. The molecule has 1 fully saturated rings. The van der Waals surface area contributed by atoms with Crippen molar-refractivity contribution >= 4 is 28.9 Å². The second-order valence-electron chi connectivity index (χ2n) is 9.33. The van der Waals surface area contributed by atoms with Crippen LogP contribution < -0.4 is 10.5 Å². The second kappa shape index (κ2) is 10.4. The molecular weight excluding hydrogens is 486 g/mol. The van der Waals surface area contributed by atoms with Crippen molar-refractivity contribution in [2.75, 3.05) is 33.0 Å². The molecule has 38 heavy (non-hydrogen) atoms. The summed E-state index contributed by atoms with van der Waals surface area (Å²) in [6.07, 6.45) is 1.99. The fourth-order valence-electron chi connectivity index (χ4n) is 4.92. The first-order valence-corrected chi connectivity index (χ1v) is 12.3. The summed E-state index contributed by atoms with van der Waals surface area (Å²) in [7, 11) is 3.30. The van der Waals surface area contributed by atoms with E-state index in [1.54, 1.807) is 35.9 Å². The summed E-state index contributed by atoms with van der Waals surface area (Å²) in [5.74, 6) is 0.712. The number of hydrogen-bond donors (Lipinski definition) is 2. The maximum Gasteiger partial charge on any atom is 0.407 e. The number of para-hydroxylation sites is 1. The third kappa shape index (κ3) is 4.70. The first-order chi connectivity index (χ1) is 18.4. The molecule has 3 N–H and O–H groups in total. The molecule has 11 heteroatoms. The van der Waals surface area contributed by atoms with Gasteiger partial charge in [0.15, 0.2) is 5.65 Å². The number of aromatic nitrogens is 4. The fourth-order valence-corrected chi connectivity index (χ4v) is 4.92. The van der Waals surface area contributed by atoms with Gasteiger partial charge in [0.1, 0.15) is 23.6 Å². The van der Waals surface area contributed by atoms with Gasteiger partial charge in [-0.15, -0.1) is 0 Å². The van der Waals surface area contributed by atoms with E-state index in [0.29, 0.717) is 53.5 Å². The van der Waals surface area contributed by atoms with Crippen molar-refractivity contribution in [2.45, 2.75) is 25.4 Å². The predicted octanol–water partition coefficient (Wildman–Crippen LogP) is 3.67. The average molecular weight is 516 g/mol. The number of rotatable bonds is 6. The minimum Gasteiger partial charge on any atom is -0.496 e. The molecule has 1 aliphatic rings. The van der Waals surface area contributed by atoms with Crippen molar-refractivity contribution in [1.29, 1.82) is 0 Å². The van der Waals surface area contributed by atoms with Gasteiger partial charge < -0.3 is 25.4 Å². The maximum absolute atomic E-state index is 13.0. The number of methoxy groups -OCH3 is 1. The standard InChI is InChI=1S/C27H29N7O4/c1-32(26(35)20-7-3-4-8-21(20)38-2)14-17-9-11-18(12-10-17)23-22-24(28)29-16-30-25(22)34(31-23)19-6-5-13-33(15-19)27(36)37/h3-4,7-12,16,19H,5-6,13-15H2,1-2H3,(H,36,37)(H2,28,29,30)/t19-/m1/s1. The Morgan fingerprint density at radius 2 is 1.92 bits per heavy atom. The number of ether oxygens (including phenoxy) is 1. The molecule has 1 aliphatic heterocycles. The van der Waals surface area contributed by atoms with E-state index in [2.05, 4.69) is 9.97 Å². The van der Waals surface area contributed by atoms with Crippen LogP contribution in [0.1, 0.15) is 34.8 Å². The summed E-state index contributed by atoms with van der Waals surface area (Å²) in [6, 6.07) is 14.7. The van der Waals surface area contributed by atoms with Gasteiger partial charge in [-0.3, -0.25) is 4.79 Å². The summed E-state index contributed by atoms with van der Waals surface area (Å²) in [6.45, 7) is 1.25. The number of anilines is 1. The Bertz CT molecular complexity index is 1480. The van der Waals surface area contributed by atoms with Gasteiger partial charge in [0, 0.05) is 32.2 Å². The van der Waals surface area contributed by atoms with E-state index in [0.717, 1.165) is 24.0 Å². The average Bonchev–Trinajstić information content (AvgIpc) is 3.34. The lowest BCUT2D eigenvalue weighted by molar-refractivity contribution is 0.0781. The first kappa shape index (κ1) is 25.0. The number of amides is 2. The first-order valence-electron chi connectivity index (χ1n) is 12.3. The minimum absolute atomic E-state index is 0.135. The topological polar surface area (TPSA) is 140 Å². The molecule has 2 amide bonds. The number of likely N-dealkylation sites (tertiary alicyclic amines) is 1. The van der Waals surface area contributed by atoms with Gasteiger partial charge in [0.05, 0.1) is 24.1 Å². The largest absolute Gasteiger partial charge is 0.496 e. The van der Waals surface area contributed by atoms with E-state index in [1.807, 2.05) is 36.4 Å². The van der Waals surface area contributed by atoms with Gasteiger partial charge in [-0.05, 0) is 30.5 Å². The Balaban J connectivity index is 1.41. The van der Waals surface area contributed by atoms with Gasteiger partial charge in [-0.2, -0.15) is 5.10 Å². The van der Waals surface area contributed by atoms with Gasteiger partial charge in [-0.25, -0.2) is 19.4 Å². The van der Waals surface area contributed by atoms with E-state index in [9.17, 15) is 14.7 Å². The molecule has 0 unspecified atom stereocenters. The van der Waals surface area contributed by atoms with Gasteiger partial charge in [0.25, 0.3) is 5.91 Å². The Morgan fingerprint density at radius 1 is 1.16 bits per heavy atom. The predicted molar refractivity (Wildman–Crippen MR) is 142 cm³/mol. The molecule has 4 aromatic rings. The summed E-state index contributed by atoms with van der Waals surface area (Å²) >= 11 is 0. The zero-order valence-electron chi connectivity index (χ0n) is 21.2. The van der Waals surface area contributed by atoms with Crippen molar-refractivity contribution < 1.29 is 19.4 Å². The maximum atomic E-state index is 13.0. The molecule has 3 heterocycles. The van der Waals surface area contributed by atoms with Crippen molar-refractivity contribution in [3.8, 4) is 17.0 Å². The number of benzene rings is 2. The molecule has 0 radical (unpaired) electrons. The lowest BCUT2D eigenvalue weighted by Crippen LogP contribution is -2.40. The monoisotopic (exact) mass is 515 g/mol. The van der Waals surface area contributed by atoms with E-state index >= 15 is 0 Å². The smallest absolute Gasteiger partial charge is 0.407 e. The highest BCUT2D eigenvalue weighted by Gasteiger charge is 2.28. The third-order valence-corrected chi connectivity index (χ3v) is 6.86. The number of nitrogen functional groups attached to an aromatic ring is 1. The molecule has 1 atom stereocenters. The molecule has 5 rings (SSSR count). The van der Waals surface area contributed by atoms with Crippen LogP contribution in [-0.2, 0) is 6.54 Å². The Kier molecular flexibility index (Phi) is 6.82. The number of carbonyl (C=O) groups excluding carboxylic acids is 1. The van der Waals surface area contributed by atoms with Crippen molar-refractivity contribution in [3.63, 3.8) is 0 Å². The summed E-state index contributed by atoms with van der Waals surface area (Å²) in [4.78, 5) is 36.2. The highest BCUT2D eigenvalue weighted by atomic mass is 16.5. The van der Waals surface area contributed by atoms with Crippen LogP contribution in [0.2, 0.25) is 0 Å². The number of nitrogens with zero attached hydrogens (tertiary/aromatic N) is 6. The van der Waals surface area contributed by atoms with Gasteiger partial charge >= 0.3 is 6.09 Å². The normalized spacial score (nSPS) is 15.4. The van der Waals surface area contributed by atoms with E-state index in [-0.39, 0.29) is 11.9 Å². The summed E-state index contributed by atoms with van der Waals surface area (Å²) in [5.41, 5.74) is 9.74. The van der Waals surface area contributed by atoms with Crippen molar-refractivity contribution in [2.24, 2.45) is 0 Å². The molecular formula is C27H29N7O4. The summed E-state index contributed by atoms with van der Waals surface area (Å²) < 4.78 is 7.11. The number of fused-ring (bicyclic) bond motifs is 1. The fraction of sp³-hybridized carbons (Fsp3) is 0.296. The van der Waals surface area contributed by atoms with Crippen LogP contribution in [0.25, 0.3) is 22.3 Å². The number of carboxylic acid groups (broad SMARTS) is 1. The highest BCUT2D eigenvalue weighted by Crippen LogP contribution is 2.34. The van der Waals surface area contributed by atoms with E-state index < -0.39 is 6.09 Å². The lowest BCUT2D eigenvalue weighted by Gasteiger charge is -2.30. The van der Waals surface area contributed by atoms with Gasteiger partial charge in [-0.1, -0.05) is 36.4 Å². The van der Waals surface area contributed by atoms with Crippen molar-refractivity contribution in [1.82, 2.24) is 29.5 Å². The molecule has 11 nitrogen and oxygen atoms in total. The third-order valence-electron chi connectivity index (χ3n) is 6.86. The zero-order chi connectivity index (χ0) is 26.8. The number of carbonyl (C=O) groups is 2. The number of nitrogens with two attached hydrogens (primary N) is 1. The van der Waals surface area contributed by atoms with Gasteiger partial charge in [0.2, 0.25) is 0 Å². The van der Waals surface area contributed by atoms with Crippen LogP contribution >= 0.6 is 0 Å². The molecule has 196 valence electrons. The quantitative estimate of drug-likeness (QED) is 0.396. The SMILES string of the molecule is COc1ccccc1C(=O)N(C)Cc1ccc(-c2nn([C@@H]3CCCN(C(=O)O)C3)c3ncnc(N)c23)cc1. The Labute approximate surface area is 219 Å².